The third kappa shape index (κ3) is 6.21. The van der Waals surface area contributed by atoms with Crippen molar-refractivity contribution >= 4 is 0 Å². The lowest BCUT2D eigenvalue weighted by Crippen LogP contribution is -2.45. The van der Waals surface area contributed by atoms with Gasteiger partial charge in [-0.15, -0.1) is 0 Å². The molecule has 1 saturated carbocycles. The SMILES string of the molecule is COCCOCCOC1CC(C(C)(C)C)CCC1N. The zero-order chi connectivity index (χ0) is 14.3. The molecule has 19 heavy (non-hydrogen) atoms. The summed E-state index contributed by atoms with van der Waals surface area (Å²) in [6.07, 6.45) is 3.54. The highest BCUT2D eigenvalue weighted by molar-refractivity contribution is 4.88. The van der Waals surface area contributed by atoms with Crippen LogP contribution >= 0.6 is 0 Å². The number of nitrogens with two attached hydrogens (primary N) is 1. The van der Waals surface area contributed by atoms with Crippen LogP contribution in [0.5, 0.6) is 0 Å². The second-order valence-electron chi connectivity index (χ2n) is 6.55. The fraction of sp³-hybridized carbons (Fsp3) is 1.00. The zero-order valence-corrected chi connectivity index (χ0v) is 13.0. The summed E-state index contributed by atoms with van der Waals surface area (Å²) in [6, 6.07) is 0.178. The smallest absolute Gasteiger partial charge is 0.0729 e. The summed E-state index contributed by atoms with van der Waals surface area (Å²) in [5.74, 6) is 0.701. The Morgan fingerprint density at radius 3 is 2.37 bits per heavy atom. The molecule has 1 fully saturated rings. The first-order valence-electron chi connectivity index (χ1n) is 7.39. The van der Waals surface area contributed by atoms with E-state index in [1.807, 2.05) is 0 Å². The first kappa shape index (κ1) is 16.9. The van der Waals surface area contributed by atoms with E-state index >= 15 is 0 Å². The third-order valence-corrected chi connectivity index (χ3v) is 4.06. The van der Waals surface area contributed by atoms with Gasteiger partial charge in [0.15, 0.2) is 0 Å². The third-order valence-electron chi connectivity index (χ3n) is 4.06. The minimum atomic E-state index is 0.178. The van der Waals surface area contributed by atoms with Crippen LogP contribution in [-0.2, 0) is 14.2 Å². The second kappa shape index (κ2) is 8.20. The van der Waals surface area contributed by atoms with Crippen LogP contribution in [0.1, 0.15) is 40.0 Å². The van der Waals surface area contributed by atoms with E-state index in [4.69, 9.17) is 19.9 Å². The zero-order valence-electron chi connectivity index (χ0n) is 13.0. The highest BCUT2D eigenvalue weighted by Crippen LogP contribution is 2.38. The number of methoxy groups -OCH3 is 1. The Hall–Kier alpha value is -0.160. The van der Waals surface area contributed by atoms with E-state index in [9.17, 15) is 0 Å². The maximum absolute atomic E-state index is 6.16. The van der Waals surface area contributed by atoms with Gasteiger partial charge in [-0.3, -0.25) is 0 Å². The van der Waals surface area contributed by atoms with Crippen molar-refractivity contribution in [2.75, 3.05) is 33.5 Å². The van der Waals surface area contributed by atoms with Gasteiger partial charge < -0.3 is 19.9 Å². The molecule has 0 amide bonds. The van der Waals surface area contributed by atoms with Crippen LogP contribution < -0.4 is 5.73 Å². The molecule has 0 aromatic carbocycles. The minimum Gasteiger partial charge on any atom is -0.382 e. The number of hydrogen-bond donors (Lipinski definition) is 1. The van der Waals surface area contributed by atoms with Crippen molar-refractivity contribution in [3.63, 3.8) is 0 Å². The molecule has 1 aliphatic rings. The van der Waals surface area contributed by atoms with Crippen molar-refractivity contribution in [1.82, 2.24) is 0 Å². The van der Waals surface area contributed by atoms with Gasteiger partial charge in [0.2, 0.25) is 0 Å². The molecular formula is C15H31NO3. The molecule has 0 aromatic heterocycles. The van der Waals surface area contributed by atoms with Gasteiger partial charge in [-0.25, -0.2) is 0 Å². The van der Waals surface area contributed by atoms with Crippen LogP contribution in [0.4, 0.5) is 0 Å². The van der Waals surface area contributed by atoms with E-state index < -0.39 is 0 Å². The highest BCUT2D eigenvalue weighted by Gasteiger charge is 2.34. The summed E-state index contributed by atoms with van der Waals surface area (Å²) < 4.78 is 16.2. The normalized spacial score (nSPS) is 28.6. The van der Waals surface area contributed by atoms with E-state index in [2.05, 4.69) is 20.8 Å². The average Bonchev–Trinajstić information content (AvgIpc) is 2.34. The van der Waals surface area contributed by atoms with Gasteiger partial charge in [0.25, 0.3) is 0 Å². The molecule has 2 N–H and O–H groups in total. The summed E-state index contributed by atoms with van der Waals surface area (Å²) in [6.45, 7) is 9.42. The summed E-state index contributed by atoms with van der Waals surface area (Å²) in [5.41, 5.74) is 6.51. The quantitative estimate of drug-likeness (QED) is 0.723. The molecule has 3 unspecified atom stereocenters. The van der Waals surface area contributed by atoms with Crippen LogP contribution in [0.15, 0.2) is 0 Å². The number of ether oxygens (including phenoxy) is 3. The minimum absolute atomic E-state index is 0.178. The Labute approximate surface area is 118 Å². The van der Waals surface area contributed by atoms with Crippen LogP contribution in [0, 0.1) is 11.3 Å². The predicted molar refractivity (Wildman–Crippen MR) is 77.2 cm³/mol. The summed E-state index contributed by atoms with van der Waals surface area (Å²) in [4.78, 5) is 0. The molecule has 0 spiro atoms. The molecule has 0 saturated heterocycles. The van der Waals surface area contributed by atoms with Gasteiger partial charge in [-0.1, -0.05) is 20.8 Å². The first-order chi connectivity index (χ1) is 8.95. The Kier molecular flexibility index (Phi) is 7.29. The maximum atomic E-state index is 6.16. The van der Waals surface area contributed by atoms with E-state index in [-0.39, 0.29) is 12.1 Å². The standard InChI is InChI=1S/C15H31NO3/c1-15(2,3)12-5-6-13(16)14(11-12)19-10-9-18-8-7-17-4/h12-14H,5-11,16H2,1-4H3. The fourth-order valence-electron chi connectivity index (χ4n) is 2.63. The second-order valence-corrected chi connectivity index (χ2v) is 6.55. The molecule has 0 bridgehead atoms. The van der Waals surface area contributed by atoms with Crippen LogP contribution in [0.2, 0.25) is 0 Å². The Balaban J connectivity index is 2.23. The molecule has 0 aliphatic heterocycles. The summed E-state index contributed by atoms with van der Waals surface area (Å²) in [7, 11) is 1.67. The van der Waals surface area contributed by atoms with Gasteiger partial charge in [0.1, 0.15) is 0 Å². The lowest BCUT2D eigenvalue weighted by Gasteiger charge is -2.40. The van der Waals surface area contributed by atoms with E-state index in [1.165, 1.54) is 6.42 Å². The van der Waals surface area contributed by atoms with Crippen molar-refractivity contribution in [3.05, 3.63) is 0 Å². The largest absolute Gasteiger partial charge is 0.382 e. The van der Waals surface area contributed by atoms with E-state index in [0.29, 0.717) is 37.8 Å². The molecule has 114 valence electrons. The molecule has 4 heteroatoms. The Morgan fingerprint density at radius 2 is 1.74 bits per heavy atom. The molecule has 0 heterocycles. The van der Waals surface area contributed by atoms with Crippen molar-refractivity contribution in [3.8, 4) is 0 Å². The van der Waals surface area contributed by atoms with Crippen molar-refractivity contribution in [2.45, 2.75) is 52.2 Å². The van der Waals surface area contributed by atoms with Crippen molar-refractivity contribution in [1.29, 1.82) is 0 Å². The Bertz CT molecular complexity index is 240. The molecule has 4 nitrogen and oxygen atoms in total. The monoisotopic (exact) mass is 273 g/mol. The first-order valence-corrected chi connectivity index (χ1v) is 7.39. The lowest BCUT2D eigenvalue weighted by molar-refractivity contribution is -0.0454. The number of rotatable bonds is 7. The maximum Gasteiger partial charge on any atom is 0.0729 e. The Morgan fingerprint density at radius 1 is 1.05 bits per heavy atom. The van der Waals surface area contributed by atoms with E-state index in [0.717, 1.165) is 12.8 Å². The van der Waals surface area contributed by atoms with Crippen LogP contribution in [0.25, 0.3) is 0 Å². The fourth-order valence-corrected chi connectivity index (χ4v) is 2.63. The number of hydrogen-bond acceptors (Lipinski definition) is 4. The topological polar surface area (TPSA) is 53.7 Å². The molecule has 0 aromatic rings. The molecule has 0 radical (unpaired) electrons. The lowest BCUT2D eigenvalue weighted by atomic mass is 9.70. The average molecular weight is 273 g/mol. The van der Waals surface area contributed by atoms with Crippen LogP contribution in [0.3, 0.4) is 0 Å². The highest BCUT2D eigenvalue weighted by atomic mass is 16.5. The van der Waals surface area contributed by atoms with Gasteiger partial charge in [-0.05, 0) is 30.6 Å². The summed E-state index contributed by atoms with van der Waals surface area (Å²) >= 11 is 0. The molecule has 3 atom stereocenters. The van der Waals surface area contributed by atoms with Gasteiger partial charge >= 0.3 is 0 Å². The predicted octanol–water partition coefficient (Wildman–Crippen LogP) is 2.21. The van der Waals surface area contributed by atoms with E-state index in [1.54, 1.807) is 7.11 Å². The van der Waals surface area contributed by atoms with Gasteiger partial charge in [-0.2, -0.15) is 0 Å². The van der Waals surface area contributed by atoms with Crippen molar-refractivity contribution in [2.24, 2.45) is 17.1 Å². The molecule has 1 aliphatic carbocycles. The van der Waals surface area contributed by atoms with Gasteiger partial charge in [0.05, 0.1) is 32.5 Å². The molecule has 1 rings (SSSR count). The van der Waals surface area contributed by atoms with Crippen LogP contribution in [-0.4, -0.2) is 45.7 Å². The van der Waals surface area contributed by atoms with Gasteiger partial charge in [0, 0.05) is 13.2 Å². The van der Waals surface area contributed by atoms with Crippen molar-refractivity contribution < 1.29 is 14.2 Å². The molecular weight excluding hydrogens is 242 g/mol. The summed E-state index contributed by atoms with van der Waals surface area (Å²) in [5, 5.41) is 0.